The molecule has 0 radical (unpaired) electrons. The van der Waals surface area contributed by atoms with Crippen molar-refractivity contribution >= 4 is 17.4 Å². The molecule has 1 atom stereocenters. The maximum absolute atomic E-state index is 9.24. The van der Waals surface area contributed by atoms with E-state index in [2.05, 4.69) is 14.8 Å². The number of aromatic nitrogens is 1. The monoisotopic (exact) mass is 281 g/mol. The first kappa shape index (κ1) is 13.2. The average Bonchev–Trinajstić information content (AvgIpc) is 3.10. The van der Waals surface area contributed by atoms with Crippen molar-refractivity contribution in [1.82, 2.24) is 9.88 Å². The van der Waals surface area contributed by atoms with Crippen molar-refractivity contribution < 1.29 is 5.11 Å². The normalized spacial score (nSPS) is 24.3. The van der Waals surface area contributed by atoms with Crippen LogP contribution in [0.3, 0.4) is 0 Å². The van der Waals surface area contributed by atoms with Gasteiger partial charge in [-0.05, 0) is 44.5 Å². The highest BCUT2D eigenvalue weighted by atomic mass is 35.5. The Balaban J connectivity index is 1.70. The number of nitrogens with zero attached hydrogens (tertiary/aromatic N) is 3. The number of pyridine rings is 1. The fraction of sp³-hybridized carbons (Fsp3) is 0.643. The highest BCUT2D eigenvalue weighted by Crippen LogP contribution is 2.26. The molecule has 0 bridgehead atoms. The van der Waals surface area contributed by atoms with E-state index in [9.17, 15) is 5.11 Å². The molecule has 3 heterocycles. The first-order chi connectivity index (χ1) is 9.28. The summed E-state index contributed by atoms with van der Waals surface area (Å²) in [5.74, 6) is 0.940. The van der Waals surface area contributed by atoms with Gasteiger partial charge in [0.15, 0.2) is 0 Å². The molecular weight excluding hydrogens is 262 g/mol. The second kappa shape index (κ2) is 5.65. The van der Waals surface area contributed by atoms with Gasteiger partial charge in [-0.3, -0.25) is 4.90 Å². The smallest absolute Gasteiger partial charge is 0.129 e. The third kappa shape index (κ3) is 2.71. The number of likely N-dealkylation sites (tertiary alicyclic amines) is 1. The Morgan fingerprint density at radius 1 is 1.26 bits per heavy atom. The van der Waals surface area contributed by atoms with Gasteiger partial charge in [0, 0.05) is 19.1 Å². The van der Waals surface area contributed by atoms with Gasteiger partial charge in [0.05, 0.1) is 17.3 Å². The van der Waals surface area contributed by atoms with Crippen LogP contribution in [0.5, 0.6) is 0 Å². The van der Waals surface area contributed by atoms with Crippen molar-refractivity contribution in [3.8, 4) is 0 Å². The molecule has 3 rings (SSSR count). The molecule has 1 aromatic rings. The van der Waals surface area contributed by atoms with Crippen LogP contribution >= 0.6 is 11.6 Å². The van der Waals surface area contributed by atoms with Crippen LogP contribution < -0.4 is 4.90 Å². The molecule has 1 aromatic heterocycles. The standard InChI is InChI=1S/C14H20ClN3O/c15-12-3-4-14(16-13(12)10-19)18-8-5-11(9-18)17-6-1-2-7-17/h3-4,11,19H,1-2,5-10H2. The molecule has 2 saturated heterocycles. The summed E-state index contributed by atoms with van der Waals surface area (Å²) in [4.78, 5) is 9.36. The topological polar surface area (TPSA) is 39.6 Å². The molecule has 19 heavy (non-hydrogen) atoms. The van der Waals surface area contributed by atoms with Gasteiger partial charge < -0.3 is 10.0 Å². The van der Waals surface area contributed by atoms with E-state index in [-0.39, 0.29) is 6.61 Å². The van der Waals surface area contributed by atoms with E-state index in [0.717, 1.165) is 18.9 Å². The lowest BCUT2D eigenvalue weighted by molar-refractivity contribution is 0.260. The zero-order valence-electron chi connectivity index (χ0n) is 11.1. The van der Waals surface area contributed by atoms with Gasteiger partial charge in [0.25, 0.3) is 0 Å². The average molecular weight is 282 g/mol. The highest BCUT2D eigenvalue weighted by Gasteiger charge is 2.29. The molecule has 4 nitrogen and oxygen atoms in total. The van der Waals surface area contributed by atoms with Crippen LogP contribution in [-0.4, -0.2) is 47.2 Å². The molecule has 0 aliphatic carbocycles. The zero-order chi connectivity index (χ0) is 13.2. The van der Waals surface area contributed by atoms with Crippen LogP contribution in [0, 0.1) is 0 Å². The largest absolute Gasteiger partial charge is 0.390 e. The first-order valence-electron chi connectivity index (χ1n) is 7.03. The van der Waals surface area contributed by atoms with Crippen molar-refractivity contribution in [1.29, 1.82) is 0 Å². The van der Waals surface area contributed by atoms with Gasteiger partial charge in [-0.2, -0.15) is 0 Å². The highest BCUT2D eigenvalue weighted by molar-refractivity contribution is 6.31. The number of aliphatic hydroxyl groups is 1. The lowest BCUT2D eigenvalue weighted by Gasteiger charge is -2.24. The van der Waals surface area contributed by atoms with Gasteiger partial charge in [0.2, 0.25) is 0 Å². The number of hydrogen-bond acceptors (Lipinski definition) is 4. The molecule has 2 aliphatic rings. The minimum Gasteiger partial charge on any atom is -0.390 e. The minimum absolute atomic E-state index is 0.101. The molecule has 0 saturated carbocycles. The molecule has 5 heteroatoms. The van der Waals surface area contributed by atoms with Crippen LogP contribution in [0.15, 0.2) is 12.1 Å². The number of aliphatic hydroxyl groups excluding tert-OH is 1. The molecule has 104 valence electrons. The third-order valence-electron chi connectivity index (χ3n) is 4.20. The second-order valence-electron chi connectivity index (χ2n) is 5.39. The lowest BCUT2D eigenvalue weighted by Crippen LogP contribution is -2.35. The maximum Gasteiger partial charge on any atom is 0.129 e. The molecule has 2 aliphatic heterocycles. The fourth-order valence-corrected chi connectivity index (χ4v) is 3.28. The SMILES string of the molecule is OCc1nc(N2CCC(N3CCCC3)C2)ccc1Cl. The van der Waals surface area contributed by atoms with Crippen LogP contribution in [0.2, 0.25) is 5.02 Å². The van der Waals surface area contributed by atoms with Crippen LogP contribution in [0.1, 0.15) is 25.0 Å². The number of anilines is 1. The lowest BCUT2D eigenvalue weighted by atomic mass is 10.2. The Morgan fingerprint density at radius 2 is 2.05 bits per heavy atom. The molecule has 0 spiro atoms. The summed E-state index contributed by atoms with van der Waals surface area (Å²) in [6.45, 7) is 4.47. The van der Waals surface area contributed by atoms with Gasteiger partial charge in [-0.15, -0.1) is 0 Å². The van der Waals surface area contributed by atoms with E-state index in [4.69, 9.17) is 11.6 Å². The van der Waals surface area contributed by atoms with Gasteiger partial charge in [0.1, 0.15) is 5.82 Å². The van der Waals surface area contributed by atoms with Gasteiger partial charge in [-0.1, -0.05) is 11.6 Å². The molecular formula is C14H20ClN3O. The maximum atomic E-state index is 9.24. The Kier molecular flexibility index (Phi) is 3.91. The van der Waals surface area contributed by atoms with Gasteiger partial charge >= 0.3 is 0 Å². The van der Waals surface area contributed by atoms with E-state index < -0.39 is 0 Å². The van der Waals surface area contributed by atoms with E-state index in [1.54, 1.807) is 0 Å². The predicted octanol–water partition coefficient (Wildman–Crippen LogP) is 1.90. The van der Waals surface area contributed by atoms with Crippen molar-refractivity contribution in [3.63, 3.8) is 0 Å². The summed E-state index contributed by atoms with van der Waals surface area (Å²) in [5, 5.41) is 9.78. The molecule has 1 unspecified atom stereocenters. The molecule has 1 N–H and O–H groups in total. The zero-order valence-corrected chi connectivity index (χ0v) is 11.8. The number of rotatable bonds is 3. The van der Waals surface area contributed by atoms with Crippen molar-refractivity contribution in [3.05, 3.63) is 22.8 Å². The number of hydrogen-bond donors (Lipinski definition) is 1. The number of halogens is 1. The summed E-state index contributed by atoms with van der Waals surface area (Å²) in [7, 11) is 0. The second-order valence-corrected chi connectivity index (χ2v) is 5.79. The Hall–Kier alpha value is -0.840. The van der Waals surface area contributed by atoms with Crippen LogP contribution in [0.4, 0.5) is 5.82 Å². The van der Waals surface area contributed by atoms with Crippen molar-refractivity contribution in [2.75, 3.05) is 31.1 Å². The van der Waals surface area contributed by atoms with E-state index >= 15 is 0 Å². The van der Waals surface area contributed by atoms with Crippen molar-refractivity contribution in [2.45, 2.75) is 31.9 Å². The predicted molar refractivity (Wildman–Crippen MR) is 76.6 cm³/mol. The van der Waals surface area contributed by atoms with E-state index in [0.29, 0.717) is 16.8 Å². The summed E-state index contributed by atoms with van der Waals surface area (Å²) in [6, 6.07) is 4.45. The Morgan fingerprint density at radius 3 is 2.79 bits per heavy atom. The summed E-state index contributed by atoms with van der Waals surface area (Å²) >= 11 is 5.99. The Labute approximate surface area is 119 Å². The molecule has 2 fully saturated rings. The van der Waals surface area contributed by atoms with Gasteiger partial charge in [-0.25, -0.2) is 4.98 Å². The summed E-state index contributed by atoms with van der Waals surface area (Å²) < 4.78 is 0. The van der Waals surface area contributed by atoms with Crippen LogP contribution in [0.25, 0.3) is 0 Å². The quantitative estimate of drug-likeness (QED) is 0.919. The minimum atomic E-state index is -0.101. The fourth-order valence-electron chi connectivity index (χ4n) is 3.11. The summed E-state index contributed by atoms with van der Waals surface area (Å²) in [5.41, 5.74) is 0.573. The summed E-state index contributed by atoms with van der Waals surface area (Å²) in [6.07, 6.45) is 3.88. The van der Waals surface area contributed by atoms with E-state index in [1.807, 2.05) is 12.1 Å². The van der Waals surface area contributed by atoms with E-state index in [1.165, 1.54) is 32.4 Å². The van der Waals surface area contributed by atoms with Crippen molar-refractivity contribution in [2.24, 2.45) is 0 Å². The third-order valence-corrected chi connectivity index (χ3v) is 4.54. The van der Waals surface area contributed by atoms with Crippen LogP contribution in [-0.2, 0) is 6.61 Å². The molecule has 0 aromatic carbocycles. The first-order valence-corrected chi connectivity index (χ1v) is 7.41. The Bertz CT molecular complexity index is 448. The molecule has 0 amide bonds.